The largest absolute Gasteiger partial charge is 0.497 e. The number of aromatic nitrogens is 4. The maximum atomic E-state index is 13.4. The number of nitrogens with zero attached hydrogens (tertiary/aromatic N) is 4. The molecule has 15 heteroatoms. The summed E-state index contributed by atoms with van der Waals surface area (Å²) in [7, 11) is -8.15. The molecular weight excluding hydrogens is 795 g/mol. The lowest BCUT2D eigenvalue weighted by Crippen LogP contribution is -2.41. The molecule has 1 saturated heterocycles. The van der Waals surface area contributed by atoms with E-state index in [1.165, 1.54) is 14.1 Å². The van der Waals surface area contributed by atoms with Crippen LogP contribution >= 0.6 is 31.9 Å². The number of aryl methyl sites for hydroxylation is 2. The average molecular weight is 828 g/mol. The highest BCUT2D eigenvalue weighted by atomic mass is 79.9. The number of fused-ring (bicyclic) bond motifs is 2. The summed E-state index contributed by atoms with van der Waals surface area (Å²) in [6.45, 7) is 11.7. The Morgan fingerprint density at radius 3 is 1.67 bits per heavy atom. The second kappa shape index (κ2) is 12.8. The van der Waals surface area contributed by atoms with E-state index in [9.17, 15) is 16.8 Å². The van der Waals surface area contributed by atoms with Crippen LogP contribution in [0.1, 0.15) is 38.8 Å². The van der Waals surface area contributed by atoms with Gasteiger partial charge in [-0.2, -0.15) is 0 Å². The molecule has 0 bridgehead atoms. The number of hydrogen-bond donors (Lipinski definition) is 0. The lowest BCUT2D eigenvalue weighted by molar-refractivity contribution is 0.00578. The van der Waals surface area contributed by atoms with Gasteiger partial charge in [-0.25, -0.2) is 34.7 Å². The summed E-state index contributed by atoms with van der Waals surface area (Å²) in [5.74, 6) is 0. The molecular formula is C34H33BBr2N4O6S2. The molecule has 5 heterocycles. The Balaban J connectivity index is 0.000000182. The maximum absolute atomic E-state index is 13.4. The van der Waals surface area contributed by atoms with Gasteiger partial charge in [0.05, 0.1) is 21.0 Å². The number of halogens is 2. The third kappa shape index (κ3) is 6.64. The average Bonchev–Trinajstić information content (AvgIpc) is 3.69. The molecule has 0 saturated carbocycles. The van der Waals surface area contributed by atoms with Crippen molar-refractivity contribution >= 4 is 86.6 Å². The quantitative estimate of drug-likeness (QED) is 0.171. The van der Waals surface area contributed by atoms with E-state index in [1.54, 1.807) is 73.2 Å². The smallest absolute Gasteiger partial charge is 0.399 e. The van der Waals surface area contributed by atoms with Crippen LogP contribution in [0.4, 0.5) is 0 Å². The van der Waals surface area contributed by atoms with Crippen molar-refractivity contribution < 1.29 is 26.1 Å². The number of pyridine rings is 2. The van der Waals surface area contributed by atoms with E-state index in [0.29, 0.717) is 22.1 Å². The lowest BCUT2D eigenvalue weighted by Gasteiger charge is -2.32. The minimum Gasteiger partial charge on any atom is -0.399 e. The van der Waals surface area contributed by atoms with Crippen molar-refractivity contribution in [1.29, 1.82) is 0 Å². The van der Waals surface area contributed by atoms with Gasteiger partial charge in [-0.3, -0.25) is 0 Å². The van der Waals surface area contributed by atoms with Crippen molar-refractivity contribution in [1.82, 2.24) is 17.9 Å². The maximum Gasteiger partial charge on any atom is 0.497 e. The van der Waals surface area contributed by atoms with Crippen LogP contribution in [0.15, 0.2) is 110 Å². The van der Waals surface area contributed by atoms with Crippen molar-refractivity contribution in [3.8, 4) is 0 Å². The standard InChI is InChI=1S/C20H22BBrN2O4S.C14H11BrN2O2S/c1-13-6-8-15(9-7-13)29(25,26)24-12-17(16-10-14(22)11-23-18(16)24)21-27-19(2,3)20(4,5)28-21;1-10-2-4-13(5-3-10)20(18,19)17-7-6-11-8-12(15)9-16-14(11)17/h6-12H,1-5H3;2-9H,1H3. The van der Waals surface area contributed by atoms with Crippen LogP contribution in [0.3, 0.4) is 0 Å². The molecule has 254 valence electrons. The normalized spacial score (nSPS) is 15.8. The molecule has 0 spiro atoms. The van der Waals surface area contributed by atoms with Gasteiger partial charge in [0.1, 0.15) is 0 Å². The third-order valence-electron chi connectivity index (χ3n) is 8.73. The van der Waals surface area contributed by atoms with Gasteiger partial charge >= 0.3 is 7.12 Å². The van der Waals surface area contributed by atoms with Gasteiger partial charge in [0.25, 0.3) is 20.0 Å². The van der Waals surface area contributed by atoms with Crippen molar-refractivity contribution in [2.45, 2.75) is 62.5 Å². The molecule has 1 aliphatic rings. The fourth-order valence-electron chi connectivity index (χ4n) is 5.23. The second-order valence-electron chi connectivity index (χ2n) is 12.8. The van der Waals surface area contributed by atoms with Crippen LogP contribution in [0, 0.1) is 13.8 Å². The van der Waals surface area contributed by atoms with E-state index >= 15 is 0 Å². The summed E-state index contributed by atoms with van der Waals surface area (Å²) < 4.78 is 68.3. The summed E-state index contributed by atoms with van der Waals surface area (Å²) in [6, 6.07) is 18.9. The highest BCUT2D eigenvalue weighted by Gasteiger charge is 2.52. The van der Waals surface area contributed by atoms with Crippen LogP contribution in [0.25, 0.3) is 22.1 Å². The first-order chi connectivity index (χ1) is 22.9. The van der Waals surface area contributed by atoms with Gasteiger partial charge in [-0.1, -0.05) is 35.4 Å². The number of hydrogen-bond acceptors (Lipinski definition) is 8. The SMILES string of the molecule is Cc1ccc(S(=O)(=O)n2cc(B3OC(C)(C)C(C)(C)O3)c3cc(Br)cnc32)cc1.Cc1ccc(S(=O)(=O)n2ccc3cc(Br)cnc32)cc1. The van der Waals surface area contributed by atoms with Crippen LogP contribution in [-0.4, -0.2) is 53.1 Å². The van der Waals surface area contributed by atoms with Crippen LogP contribution in [-0.2, 0) is 29.4 Å². The zero-order valence-electron chi connectivity index (χ0n) is 27.5. The zero-order chi connectivity index (χ0) is 35.5. The van der Waals surface area contributed by atoms with E-state index < -0.39 is 38.4 Å². The predicted octanol–water partition coefficient (Wildman–Crippen LogP) is 6.99. The fourth-order valence-corrected chi connectivity index (χ4v) is 8.55. The van der Waals surface area contributed by atoms with Gasteiger partial charge in [0.15, 0.2) is 11.3 Å². The molecule has 4 aromatic heterocycles. The van der Waals surface area contributed by atoms with Crippen molar-refractivity contribution in [3.63, 3.8) is 0 Å². The first-order valence-electron chi connectivity index (χ1n) is 15.2. The van der Waals surface area contributed by atoms with E-state index in [2.05, 4.69) is 41.8 Å². The molecule has 1 fully saturated rings. The van der Waals surface area contributed by atoms with E-state index in [1.807, 2.05) is 53.7 Å². The molecule has 0 amide bonds. The zero-order valence-corrected chi connectivity index (χ0v) is 32.4. The predicted molar refractivity (Wildman–Crippen MR) is 198 cm³/mol. The summed E-state index contributed by atoms with van der Waals surface area (Å²) in [6.07, 6.45) is 6.25. The molecule has 6 aromatic rings. The molecule has 0 atom stereocenters. The molecule has 7 rings (SSSR count). The molecule has 1 aliphatic heterocycles. The monoisotopic (exact) mass is 826 g/mol. The molecule has 49 heavy (non-hydrogen) atoms. The minimum absolute atomic E-state index is 0.199. The molecule has 0 radical (unpaired) electrons. The fraction of sp³-hybridized carbons (Fsp3) is 0.235. The molecule has 0 N–H and O–H groups in total. The Hall–Kier alpha value is -3.34. The van der Waals surface area contributed by atoms with Gasteiger partial charge in [-0.05, 0) is 116 Å². The Labute approximate surface area is 303 Å². The summed E-state index contributed by atoms with van der Waals surface area (Å²) in [4.78, 5) is 9.02. The Bertz CT molecular complexity index is 2410. The first-order valence-corrected chi connectivity index (χ1v) is 19.7. The van der Waals surface area contributed by atoms with E-state index in [0.717, 1.165) is 25.5 Å². The highest BCUT2D eigenvalue weighted by molar-refractivity contribution is 9.10. The minimum atomic E-state index is -3.83. The van der Waals surface area contributed by atoms with Crippen LogP contribution < -0.4 is 5.46 Å². The summed E-state index contributed by atoms with van der Waals surface area (Å²) in [5, 5.41) is 1.43. The van der Waals surface area contributed by atoms with Crippen molar-refractivity contribution in [2.24, 2.45) is 0 Å². The van der Waals surface area contributed by atoms with E-state index in [4.69, 9.17) is 9.31 Å². The van der Waals surface area contributed by atoms with Crippen LogP contribution in [0.2, 0.25) is 0 Å². The molecule has 2 aromatic carbocycles. The molecule has 10 nitrogen and oxygen atoms in total. The lowest BCUT2D eigenvalue weighted by atomic mass is 9.79. The molecule has 0 aliphatic carbocycles. The number of rotatable bonds is 5. The number of benzene rings is 2. The Morgan fingerprint density at radius 1 is 0.673 bits per heavy atom. The van der Waals surface area contributed by atoms with Gasteiger partial charge in [0, 0.05) is 50.0 Å². The Morgan fingerprint density at radius 2 is 1.14 bits per heavy atom. The highest BCUT2D eigenvalue weighted by Crippen LogP contribution is 2.37. The van der Waals surface area contributed by atoms with Gasteiger partial charge in [-0.15, -0.1) is 0 Å². The van der Waals surface area contributed by atoms with Crippen molar-refractivity contribution in [3.05, 3.63) is 112 Å². The Kier molecular flexibility index (Phi) is 9.25. The van der Waals surface area contributed by atoms with Crippen LogP contribution in [0.5, 0.6) is 0 Å². The second-order valence-corrected chi connectivity index (χ2v) is 18.3. The van der Waals surface area contributed by atoms with Crippen molar-refractivity contribution in [2.75, 3.05) is 0 Å². The summed E-state index contributed by atoms with van der Waals surface area (Å²) in [5.41, 5.74) is 2.31. The van der Waals surface area contributed by atoms with Gasteiger partial charge in [0.2, 0.25) is 0 Å². The van der Waals surface area contributed by atoms with E-state index in [-0.39, 0.29) is 9.79 Å². The topological polar surface area (TPSA) is 122 Å². The third-order valence-corrected chi connectivity index (χ3v) is 12.9. The van der Waals surface area contributed by atoms with Gasteiger partial charge < -0.3 is 9.31 Å². The molecule has 0 unspecified atom stereocenters. The summed E-state index contributed by atoms with van der Waals surface area (Å²) >= 11 is 6.75. The first kappa shape index (κ1) is 35.5.